The Bertz CT molecular complexity index is 333. The fourth-order valence-corrected chi connectivity index (χ4v) is 4.35. The Balaban J connectivity index is 1.82. The molecule has 2 aliphatic heterocycles. The predicted molar refractivity (Wildman–Crippen MR) is 75.0 cm³/mol. The molecule has 3 aliphatic rings. The smallest absolute Gasteiger partial charge is 0.100 e. The highest BCUT2D eigenvalue weighted by Gasteiger charge is 2.71. The van der Waals surface area contributed by atoms with Crippen LogP contribution in [0.25, 0.3) is 0 Å². The molecule has 2 heterocycles. The van der Waals surface area contributed by atoms with E-state index in [2.05, 4.69) is 29.5 Å². The lowest BCUT2D eigenvalue weighted by atomic mass is 9.68. The molecule has 5 heteroatoms. The van der Waals surface area contributed by atoms with E-state index in [0.717, 1.165) is 30.3 Å². The number of hydrogen-bond acceptors (Lipinski definition) is 4. The third kappa shape index (κ3) is 1.93. The van der Waals surface area contributed by atoms with Crippen molar-refractivity contribution in [1.82, 2.24) is 0 Å². The Morgan fingerprint density at radius 3 is 2.78 bits per heavy atom. The summed E-state index contributed by atoms with van der Waals surface area (Å²) in [6.07, 6.45) is 2.50. The molecular formula is C13H21IO4. The monoisotopic (exact) mass is 368 g/mol. The number of alkyl halides is 1. The van der Waals surface area contributed by atoms with Crippen LogP contribution in [0.3, 0.4) is 0 Å². The number of epoxide rings is 2. The second-order valence-electron chi connectivity index (χ2n) is 5.91. The first-order valence-electron chi connectivity index (χ1n) is 6.66. The van der Waals surface area contributed by atoms with Crippen molar-refractivity contribution in [3.05, 3.63) is 0 Å². The molecule has 1 unspecified atom stereocenters. The van der Waals surface area contributed by atoms with Gasteiger partial charge in [0.15, 0.2) is 0 Å². The number of halogens is 1. The summed E-state index contributed by atoms with van der Waals surface area (Å²) in [5.74, 6) is 0.159. The maximum absolute atomic E-state index is 10.2. The zero-order valence-electron chi connectivity index (χ0n) is 10.9. The summed E-state index contributed by atoms with van der Waals surface area (Å²) in [7, 11) is 1.68. The summed E-state index contributed by atoms with van der Waals surface area (Å²) in [4.78, 5) is 0. The first kappa shape index (κ1) is 13.5. The molecule has 1 N–H and O–H groups in total. The Kier molecular flexibility index (Phi) is 3.42. The van der Waals surface area contributed by atoms with E-state index in [-0.39, 0.29) is 23.2 Å². The van der Waals surface area contributed by atoms with Gasteiger partial charge in [0.2, 0.25) is 0 Å². The van der Waals surface area contributed by atoms with Crippen molar-refractivity contribution in [2.75, 3.05) is 18.1 Å². The predicted octanol–water partition coefficient (Wildman–Crippen LogP) is 1.52. The van der Waals surface area contributed by atoms with E-state index in [1.165, 1.54) is 0 Å². The van der Waals surface area contributed by atoms with Gasteiger partial charge in [-0.05, 0) is 26.2 Å². The first-order chi connectivity index (χ1) is 8.57. The minimum Gasteiger partial charge on any atom is -0.390 e. The molecule has 0 aromatic rings. The molecule has 1 saturated carbocycles. The van der Waals surface area contributed by atoms with Gasteiger partial charge in [-0.3, -0.25) is 0 Å². The largest absolute Gasteiger partial charge is 0.390 e. The minimum absolute atomic E-state index is 0.0886. The summed E-state index contributed by atoms with van der Waals surface area (Å²) < 4.78 is 18.4. The number of methoxy groups -OCH3 is 1. The van der Waals surface area contributed by atoms with E-state index in [4.69, 9.17) is 14.2 Å². The van der Waals surface area contributed by atoms with Crippen LogP contribution in [0.15, 0.2) is 0 Å². The number of hydrogen-bond donors (Lipinski definition) is 1. The third-order valence-corrected chi connectivity index (χ3v) is 5.52. The molecule has 0 radical (unpaired) electrons. The van der Waals surface area contributed by atoms with E-state index < -0.39 is 6.10 Å². The summed E-state index contributed by atoms with van der Waals surface area (Å²) in [6, 6.07) is 0. The van der Waals surface area contributed by atoms with Crippen molar-refractivity contribution >= 4 is 22.6 Å². The number of rotatable bonds is 4. The van der Waals surface area contributed by atoms with Crippen LogP contribution in [0.4, 0.5) is 0 Å². The van der Waals surface area contributed by atoms with Crippen LogP contribution in [0.1, 0.15) is 26.2 Å². The van der Waals surface area contributed by atoms with Crippen LogP contribution in [0.5, 0.6) is 0 Å². The van der Waals surface area contributed by atoms with Crippen LogP contribution in [0, 0.1) is 5.92 Å². The number of aliphatic hydroxyl groups excluding tert-OH is 1. The quantitative estimate of drug-likeness (QED) is 0.465. The van der Waals surface area contributed by atoms with Gasteiger partial charge in [0.1, 0.15) is 5.60 Å². The second-order valence-corrected chi connectivity index (χ2v) is 6.98. The van der Waals surface area contributed by atoms with Gasteiger partial charge < -0.3 is 19.3 Å². The zero-order valence-corrected chi connectivity index (χ0v) is 13.1. The lowest BCUT2D eigenvalue weighted by Crippen LogP contribution is -2.54. The van der Waals surface area contributed by atoms with E-state index in [9.17, 15) is 5.11 Å². The number of aliphatic hydroxyl groups is 1. The van der Waals surface area contributed by atoms with Gasteiger partial charge in [-0.15, -0.1) is 0 Å². The highest BCUT2D eigenvalue weighted by atomic mass is 127. The van der Waals surface area contributed by atoms with Gasteiger partial charge >= 0.3 is 0 Å². The maximum Gasteiger partial charge on any atom is 0.100 e. The van der Waals surface area contributed by atoms with E-state index in [1.807, 2.05) is 0 Å². The second kappa shape index (κ2) is 4.55. The van der Waals surface area contributed by atoms with Gasteiger partial charge in [-0.25, -0.2) is 0 Å². The molecule has 1 aliphatic carbocycles. The fraction of sp³-hybridized carbons (Fsp3) is 1.00. The molecule has 0 amide bonds. The van der Waals surface area contributed by atoms with Gasteiger partial charge in [0.05, 0.1) is 36.4 Å². The van der Waals surface area contributed by atoms with E-state index in [0.29, 0.717) is 6.10 Å². The highest BCUT2D eigenvalue weighted by Crippen LogP contribution is 2.59. The van der Waals surface area contributed by atoms with Crippen molar-refractivity contribution in [3.8, 4) is 0 Å². The Morgan fingerprint density at radius 2 is 2.22 bits per heavy atom. The van der Waals surface area contributed by atoms with Gasteiger partial charge in [0, 0.05) is 11.5 Å². The average Bonchev–Trinajstić information content (AvgIpc) is 3.23. The normalized spacial score (nSPS) is 54.7. The molecule has 18 heavy (non-hydrogen) atoms. The van der Waals surface area contributed by atoms with Crippen molar-refractivity contribution < 1.29 is 19.3 Å². The van der Waals surface area contributed by atoms with Crippen LogP contribution >= 0.6 is 22.6 Å². The Hall–Kier alpha value is 0.570. The molecule has 0 bridgehead atoms. The molecule has 3 rings (SSSR count). The van der Waals surface area contributed by atoms with Crippen molar-refractivity contribution in [3.63, 3.8) is 0 Å². The van der Waals surface area contributed by atoms with Crippen LogP contribution in [0.2, 0.25) is 0 Å². The van der Waals surface area contributed by atoms with Crippen LogP contribution in [-0.2, 0) is 14.2 Å². The Labute approximate surface area is 121 Å². The molecule has 2 saturated heterocycles. The molecule has 104 valence electrons. The third-order valence-electron chi connectivity index (χ3n) is 4.89. The molecule has 4 nitrogen and oxygen atoms in total. The molecular weight excluding hydrogens is 347 g/mol. The Morgan fingerprint density at radius 1 is 1.50 bits per heavy atom. The fourth-order valence-electron chi connectivity index (χ4n) is 3.78. The maximum atomic E-state index is 10.2. The topological polar surface area (TPSA) is 54.5 Å². The minimum atomic E-state index is -0.392. The van der Waals surface area contributed by atoms with Crippen LogP contribution < -0.4 is 0 Å². The van der Waals surface area contributed by atoms with E-state index >= 15 is 0 Å². The molecule has 0 aromatic heterocycles. The average molecular weight is 368 g/mol. The van der Waals surface area contributed by atoms with Crippen molar-refractivity contribution in [2.45, 2.75) is 55.7 Å². The first-order valence-corrected chi connectivity index (χ1v) is 8.18. The SMILES string of the molecule is CO[C@@H]1[C@H](O)CC[C@]2(CO2)[C@H]1C1(C)O[C@@H]1CCI. The van der Waals surface area contributed by atoms with E-state index in [1.54, 1.807) is 7.11 Å². The van der Waals surface area contributed by atoms with Gasteiger partial charge in [-0.1, -0.05) is 22.6 Å². The zero-order chi connectivity index (χ0) is 13.0. The lowest BCUT2D eigenvalue weighted by molar-refractivity contribution is -0.116. The molecule has 3 fully saturated rings. The van der Waals surface area contributed by atoms with Gasteiger partial charge in [-0.2, -0.15) is 0 Å². The summed E-state index contributed by atoms with van der Waals surface area (Å²) in [5.41, 5.74) is -0.265. The lowest BCUT2D eigenvalue weighted by Gasteiger charge is -2.41. The summed E-state index contributed by atoms with van der Waals surface area (Å²) in [6.45, 7) is 2.95. The molecule has 6 atom stereocenters. The summed E-state index contributed by atoms with van der Waals surface area (Å²) >= 11 is 2.38. The molecule has 0 aromatic carbocycles. The van der Waals surface area contributed by atoms with Crippen LogP contribution in [-0.4, -0.2) is 52.8 Å². The van der Waals surface area contributed by atoms with Gasteiger partial charge in [0.25, 0.3) is 0 Å². The highest BCUT2D eigenvalue weighted by molar-refractivity contribution is 14.1. The van der Waals surface area contributed by atoms with Crippen molar-refractivity contribution in [2.24, 2.45) is 5.92 Å². The standard InChI is InChI=1S/C13H21IO4/c1-12(9(18-12)4-6-14)11-10(16-2)8(15)3-5-13(11)7-17-13/h8-11,15H,3-7H2,1-2H3/t8-,9-,10-,11-,12?,13+/m1/s1. The molecule has 1 spiro atoms. The summed E-state index contributed by atoms with van der Waals surface area (Å²) in [5, 5.41) is 10.2. The van der Waals surface area contributed by atoms with Crippen molar-refractivity contribution in [1.29, 1.82) is 0 Å². The number of ether oxygens (including phenoxy) is 3.